The third-order valence-electron chi connectivity index (χ3n) is 15.0. The maximum Gasteiger partial charge on any atom is 0.249 e. The molecule has 1 aliphatic rings. The summed E-state index contributed by atoms with van der Waals surface area (Å²) in [6.45, 7) is 3.65. The summed E-state index contributed by atoms with van der Waals surface area (Å²) >= 11 is 0. The number of hydrogen-bond acceptors (Lipinski definition) is 9. The Balaban J connectivity index is 2.16. The van der Waals surface area contributed by atoms with E-state index in [0.717, 1.165) is 44.9 Å². The quantitative estimate of drug-likeness (QED) is 0.0232. The van der Waals surface area contributed by atoms with Gasteiger partial charge in [-0.05, 0) is 19.3 Å². The van der Waals surface area contributed by atoms with Gasteiger partial charge in [0.05, 0.1) is 25.4 Å². The first-order valence-electron chi connectivity index (χ1n) is 30.5. The number of hydrogen-bond donors (Lipinski definition) is 7. The maximum atomic E-state index is 13.1. The van der Waals surface area contributed by atoms with Gasteiger partial charge in [-0.2, -0.15) is 0 Å². The standard InChI is InChI=1S/C60H117NO9/c1-3-5-7-9-11-13-15-17-19-20-21-22-23-24-25-26-27-28-29-30-31-32-33-35-37-39-41-43-45-47-49-54(64)59(68)61-52(51-69-60-58(67)57(66)56(65)55(50-62)70-60)53(63)48-46-44-42-40-38-36-34-18-16-14-12-10-8-6-4-2/h46,48,52-58,60,62-67H,3-45,47,49-51H2,1-2H3,(H,61,68)/b48-46+. The van der Waals surface area contributed by atoms with E-state index < -0.39 is 61.5 Å². The van der Waals surface area contributed by atoms with Crippen LogP contribution in [0.3, 0.4) is 0 Å². The molecule has 70 heavy (non-hydrogen) atoms. The minimum atomic E-state index is -1.61. The minimum absolute atomic E-state index is 0.301. The molecule has 0 aliphatic carbocycles. The molecule has 0 spiro atoms. The number of amides is 1. The van der Waals surface area contributed by atoms with Crippen LogP contribution in [-0.4, -0.2) is 98.7 Å². The van der Waals surface area contributed by atoms with Gasteiger partial charge in [-0.15, -0.1) is 0 Å². The van der Waals surface area contributed by atoms with E-state index in [-0.39, 0.29) is 6.61 Å². The van der Waals surface area contributed by atoms with Crippen LogP contribution in [0.5, 0.6) is 0 Å². The topological polar surface area (TPSA) is 169 Å². The van der Waals surface area contributed by atoms with Gasteiger partial charge in [0.1, 0.15) is 30.5 Å². The van der Waals surface area contributed by atoms with Crippen LogP contribution in [-0.2, 0) is 14.3 Å². The summed E-state index contributed by atoms with van der Waals surface area (Å²) in [5.41, 5.74) is 0. The fraction of sp³-hybridized carbons (Fsp3) is 0.950. The normalized spacial score (nSPS) is 19.8. The molecule has 1 heterocycles. The lowest BCUT2D eigenvalue weighted by molar-refractivity contribution is -0.302. The molecule has 7 N–H and O–H groups in total. The highest BCUT2D eigenvalue weighted by molar-refractivity contribution is 5.80. The molecule has 0 aromatic heterocycles. The van der Waals surface area contributed by atoms with Gasteiger partial charge >= 0.3 is 0 Å². The second-order valence-electron chi connectivity index (χ2n) is 21.7. The van der Waals surface area contributed by atoms with Crippen LogP contribution in [0, 0.1) is 0 Å². The number of aliphatic hydroxyl groups excluding tert-OH is 6. The SMILES string of the molecule is CCCCCCCCCCCCCCC/C=C/C(O)C(COC1OC(CO)C(O)C(O)C1O)NC(=O)C(O)CCCCCCCCCCCCCCCCCCCCCCCCCCCCCCCC. The number of allylic oxidation sites excluding steroid dienone is 1. The van der Waals surface area contributed by atoms with Gasteiger partial charge in [0.25, 0.3) is 0 Å². The first-order chi connectivity index (χ1) is 34.3. The fourth-order valence-corrected chi connectivity index (χ4v) is 10.0. The highest BCUT2D eigenvalue weighted by Crippen LogP contribution is 2.23. The summed E-state index contributed by atoms with van der Waals surface area (Å²) in [5, 5.41) is 65.0. The van der Waals surface area contributed by atoms with Crippen molar-refractivity contribution in [3.8, 4) is 0 Å². The lowest BCUT2D eigenvalue weighted by Gasteiger charge is -2.40. The summed E-state index contributed by atoms with van der Waals surface area (Å²) in [6.07, 6.45) is 51.9. The molecule has 8 unspecified atom stereocenters. The Morgan fingerprint density at radius 2 is 0.814 bits per heavy atom. The van der Waals surface area contributed by atoms with E-state index in [9.17, 15) is 35.4 Å². The smallest absolute Gasteiger partial charge is 0.249 e. The molecular formula is C60H117NO9. The lowest BCUT2D eigenvalue weighted by atomic mass is 9.99. The predicted octanol–water partition coefficient (Wildman–Crippen LogP) is 14.2. The number of aliphatic hydroxyl groups is 6. The monoisotopic (exact) mass is 996 g/mol. The van der Waals surface area contributed by atoms with Gasteiger partial charge in [-0.3, -0.25) is 4.79 Å². The summed E-state index contributed by atoms with van der Waals surface area (Å²) in [7, 11) is 0. The zero-order valence-electron chi connectivity index (χ0n) is 45.9. The maximum absolute atomic E-state index is 13.1. The highest BCUT2D eigenvalue weighted by Gasteiger charge is 2.44. The van der Waals surface area contributed by atoms with Gasteiger partial charge in [0.15, 0.2) is 6.29 Å². The van der Waals surface area contributed by atoms with Crippen LogP contribution >= 0.6 is 0 Å². The summed E-state index contributed by atoms with van der Waals surface area (Å²) in [6, 6.07) is -0.976. The number of unbranched alkanes of at least 4 members (excludes halogenated alkanes) is 42. The average molecular weight is 997 g/mol. The van der Waals surface area contributed by atoms with Crippen LogP contribution in [0.15, 0.2) is 12.2 Å². The molecule has 1 rings (SSSR count). The van der Waals surface area contributed by atoms with Crippen molar-refractivity contribution in [2.24, 2.45) is 0 Å². The molecule has 1 fully saturated rings. The van der Waals surface area contributed by atoms with Crippen molar-refractivity contribution in [2.75, 3.05) is 13.2 Å². The van der Waals surface area contributed by atoms with Crippen LogP contribution in [0.25, 0.3) is 0 Å². The molecule has 0 aromatic rings. The van der Waals surface area contributed by atoms with Crippen LogP contribution in [0.4, 0.5) is 0 Å². The van der Waals surface area contributed by atoms with Gasteiger partial charge in [0, 0.05) is 0 Å². The second-order valence-corrected chi connectivity index (χ2v) is 21.7. The molecule has 0 aromatic carbocycles. The molecule has 1 amide bonds. The minimum Gasteiger partial charge on any atom is -0.394 e. The molecule has 10 heteroatoms. The molecule has 1 aliphatic heterocycles. The molecule has 10 nitrogen and oxygen atoms in total. The Kier molecular flexibility index (Phi) is 47.9. The van der Waals surface area contributed by atoms with Crippen molar-refractivity contribution in [3.63, 3.8) is 0 Å². The van der Waals surface area contributed by atoms with E-state index in [1.807, 2.05) is 6.08 Å². The molecule has 8 atom stereocenters. The van der Waals surface area contributed by atoms with E-state index >= 15 is 0 Å². The number of nitrogens with one attached hydrogen (secondary N) is 1. The second kappa shape index (κ2) is 50.1. The molecule has 1 saturated heterocycles. The summed E-state index contributed by atoms with van der Waals surface area (Å²) < 4.78 is 11.2. The largest absolute Gasteiger partial charge is 0.394 e. The molecule has 0 saturated carbocycles. The van der Waals surface area contributed by atoms with E-state index in [4.69, 9.17) is 9.47 Å². The van der Waals surface area contributed by atoms with E-state index in [1.165, 1.54) is 238 Å². The Morgan fingerprint density at radius 3 is 1.16 bits per heavy atom. The van der Waals surface area contributed by atoms with Gasteiger partial charge < -0.3 is 45.4 Å². The zero-order valence-corrected chi connectivity index (χ0v) is 45.9. The van der Waals surface area contributed by atoms with Gasteiger partial charge in [-0.1, -0.05) is 296 Å². The van der Waals surface area contributed by atoms with Crippen LogP contribution in [0.2, 0.25) is 0 Å². The number of carbonyl (C=O) groups excluding carboxylic acids is 1. The zero-order chi connectivity index (χ0) is 51.0. The van der Waals surface area contributed by atoms with Crippen molar-refractivity contribution >= 4 is 5.91 Å². The third-order valence-corrected chi connectivity index (χ3v) is 15.0. The van der Waals surface area contributed by atoms with Crippen LogP contribution in [0.1, 0.15) is 303 Å². The van der Waals surface area contributed by atoms with Crippen molar-refractivity contribution in [3.05, 3.63) is 12.2 Å². The molecule has 416 valence electrons. The molecule has 0 radical (unpaired) electrons. The fourth-order valence-electron chi connectivity index (χ4n) is 10.0. The van der Waals surface area contributed by atoms with Crippen molar-refractivity contribution in [1.29, 1.82) is 0 Å². The van der Waals surface area contributed by atoms with E-state index in [1.54, 1.807) is 6.08 Å². The summed E-state index contributed by atoms with van der Waals surface area (Å²) in [5.74, 6) is -0.609. The summed E-state index contributed by atoms with van der Waals surface area (Å²) in [4.78, 5) is 13.1. The Morgan fingerprint density at radius 1 is 0.486 bits per heavy atom. The van der Waals surface area contributed by atoms with E-state index in [0.29, 0.717) is 6.42 Å². The van der Waals surface area contributed by atoms with Crippen molar-refractivity contribution < 1.29 is 44.9 Å². The number of ether oxygens (including phenoxy) is 2. The average Bonchev–Trinajstić information content (AvgIpc) is 3.36. The van der Waals surface area contributed by atoms with Gasteiger partial charge in [-0.25, -0.2) is 0 Å². The number of rotatable bonds is 53. The van der Waals surface area contributed by atoms with Crippen molar-refractivity contribution in [2.45, 2.75) is 352 Å². The van der Waals surface area contributed by atoms with E-state index in [2.05, 4.69) is 19.2 Å². The Bertz CT molecular complexity index is 1130. The first kappa shape index (κ1) is 66.9. The molecule has 0 bridgehead atoms. The lowest BCUT2D eigenvalue weighted by Crippen LogP contribution is -2.60. The predicted molar refractivity (Wildman–Crippen MR) is 292 cm³/mol. The molecular weight excluding hydrogens is 879 g/mol. The Labute approximate surface area is 431 Å². The van der Waals surface area contributed by atoms with Gasteiger partial charge in [0.2, 0.25) is 5.91 Å². The van der Waals surface area contributed by atoms with Crippen molar-refractivity contribution in [1.82, 2.24) is 5.32 Å². The first-order valence-corrected chi connectivity index (χ1v) is 30.5. The van der Waals surface area contributed by atoms with Crippen LogP contribution < -0.4 is 5.32 Å². The highest BCUT2D eigenvalue weighted by atomic mass is 16.7. The Hall–Kier alpha value is -1.11. The third kappa shape index (κ3) is 38.5. The number of carbonyl (C=O) groups is 1.